The van der Waals surface area contributed by atoms with Gasteiger partial charge in [0.2, 0.25) is 5.91 Å². The van der Waals surface area contributed by atoms with Crippen molar-refractivity contribution < 1.29 is 9.53 Å². The van der Waals surface area contributed by atoms with Crippen molar-refractivity contribution in [2.24, 2.45) is 5.73 Å². The van der Waals surface area contributed by atoms with Crippen molar-refractivity contribution in [3.63, 3.8) is 0 Å². The summed E-state index contributed by atoms with van der Waals surface area (Å²) in [6.45, 7) is 1.28. The molecule has 1 amide bonds. The van der Waals surface area contributed by atoms with Gasteiger partial charge in [0.05, 0.1) is 13.7 Å². The Balaban J connectivity index is 1.98. The summed E-state index contributed by atoms with van der Waals surface area (Å²) in [5.74, 6) is 0.806. The fraction of sp³-hybridized carbons (Fsp3) is 0.278. The van der Waals surface area contributed by atoms with Gasteiger partial charge in [-0.05, 0) is 29.7 Å². The van der Waals surface area contributed by atoms with Crippen LogP contribution in [0.2, 0.25) is 0 Å². The third-order valence-electron chi connectivity index (χ3n) is 3.57. The summed E-state index contributed by atoms with van der Waals surface area (Å²) in [4.78, 5) is 13.8. The molecule has 22 heavy (non-hydrogen) atoms. The number of nitrogens with zero attached hydrogens (tertiary/aromatic N) is 1. The van der Waals surface area contributed by atoms with Gasteiger partial charge in [0.25, 0.3) is 0 Å². The summed E-state index contributed by atoms with van der Waals surface area (Å²) in [6.07, 6.45) is 0.794. The van der Waals surface area contributed by atoms with Gasteiger partial charge in [0.1, 0.15) is 5.75 Å². The minimum Gasteiger partial charge on any atom is -0.497 e. The van der Waals surface area contributed by atoms with E-state index in [1.807, 2.05) is 54.6 Å². The zero-order valence-corrected chi connectivity index (χ0v) is 12.9. The second kappa shape index (κ2) is 8.20. The predicted octanol–water partition coefficient (Wildman–Crippen LogP) is 2.23. The Labute approximate surface area is 131 Å². The number of ether oxygens (including phenoxy) is 1. The number of hydrogen-bond acceptors (Lipinski definition) is 3. The van der Waals surface area contributed by atoms with Crippen LogP contribution in [0.1, 0.15) is 11.1 Å². The first-order valence-corrected chi connectivity index (χ1v) is 7.37. The van der Waals surface area contributed by atoms with E-state index in [1.165, 1.54) is 5.56 Å². The topological polar surface area (TPSA) is 55.6 Å². The Bertz CT molecular complexity index is 582. The number of benzene rings is 2. The van der Waals surface area contributed by atoms with E-state index in [0.29, 0.717) is 13.1 Å². The number of methoxy groups -OCH3 is 1. The van der Waals surface area contributed by atoms with E-state index in [9.17, 15) is 4.79 Å². The van der Waals surface area contributed by atoms with Crippen LogP contribution in [-0.4, -0.2) is 31.0 Å². The molecular weight excluding hydrogens is 276 g/mol. The smallest absolute Gasteiger partial charge is 0.236 e. The molecule has 0 aromatic heterocycles. The van der Waals surface area contributed by atoms with Crippen LogP contribution < -0.4 is 10.5 Å². The largest absolute Gasteiger partial charge is 0.497 e. The van der Waals surface area contributed by atoms with Crippen LogP contribution in [0.4, 0.5) is 0 Å². The SMILES string of the molecule is COc1ccc(CCN(Cc2ccccc2)C(=O)CN)cc1. The zero-order chi connectivity index (χ0) is 15.8. The third-order valence-corrected chi connectivity index (χ3v) is 3.57. The highest BCUT2D eigenvalue weighted by Crippen LogP contribution is 2.13. The van der Waals surface area contributed by atoms with Crippen molar-refractivity contribution in [1.29, 1.82) is 0 Å². The van der Waals surface area contributed by atoms with Crippen LogP contribution in [0.25, 0.3) is 0 Å². The fourth-order valence-electron chi connectivity index (χ4n) is 2.28. The summed E-state index contributed by atoms with van der Waals surface area (Å²) in [5.41, 5.74) is 7.81. The normalized spacial score (nSPS) is 10.3. The molecule has 2 aromatic rings. The molecule has 0 radical (unpaired) electrons. The van der Waals surface area contributed by atoms with Crippen molar-refractivity contribution in [2.75, 3.05) is 20.2 Å². The summed E-state index contributed by atoms with van der Waals surface area (Å²) >= 11 is 0. The number of amides is 1. The van der Waals surface area contributed by atoms with Crippen LogP contribution in [0.15, 0.2) is 54.6 Å². The molecule has 0 unspecified atom stereocenters. The Hall–Kier alpha value is -2.33. The molecule has 116 valence electrons. The minimum atomic E-state index is -0.0302. The predicted molar refractivity (Wildman–Crippen MR) is 87.6 cm³/mol. The van der Waals surface area contributed by atoms with Gasteiger partial charge in [0.15, 0.2) is 0 Å². The van der Waals surface area contributed by atoms with Gasteiger partial charge < -0.3 is 15.4 Å². The molecule has 0 bridgehead atoms. The molecular formula is C18H22N2O2. The maximum absolute atomic E-state index is 12.0. The standard InChI is InChI=1S/C18H22N2O2/c1-22-17-9-7-15(8-10-17)11-12-20(18(21)13-19)14-16-5-3-2-4-6-16/h2-10H,11-14,19H2,1H3. The lowest BCUT2D eigenvalue weighted by Gasteiger charge is -2.22. The number of hydrogen-bond donors (Lipinski definition) is 1. The first-order chi connectivity index (χ1) is 10.7. The maximum Gasteiger partial charge on any atom is 0.236 e. The number of rotatable bonds is 7. The molecule has 4 heteroatoms. The quantitative estimate of drug-likeness (QED) is 0.853. The number of nitrogens with two attached hydrogens (primary N) is 1. The van der Waals surface area contributed by atoms with Gasteiger partial charge in [-0.2, -0.15) is 0 Å². The summed E-state index contributed by atoms with van der Waals surface area (Å²) < 4.78 is 5.15. The molecule has 0 heterocycles. The molecule has 2 aromatic carbocycles. The molecule has 0 saturated carbocycles. The second-order valence-corrected chi connectivity index (χ2v) is 5.10. The molecule has 0 aliphatic rings. The lowest BCUT2D eigenvalue weighted by Crippen LogP contribution is -2.36. The van der Waals surface area contributed by atoms with Gasteiger partial charge in [-0.15, -0.1) is 0 Å². The summed E-state index contributed by atoms with van der Waals surface area (Å²) in [7, 11) is 1.65. The van der Waals surface area contributed by atoms with E-state index < -0.39 is 0 Å². The van der Waals surface area contributed by atoms with Gasteiger partial charge in [-0.1, -0.05) is 42.5 Å². The average molecular weight is 298 g/mol. The van der Waals surface area contributed by atoms with Crippen molar-refractivity contribution >= 4 is 5.91 Å². The van der Waals surface area contributed by atoms with Gasteiger partial charge >= 0.3 is 0 Å². The highest BCUT2D eigenvalue weighted by atomic mass is 16.5. The highest BCUT2D eigenvalue weighted by Gasteiger charge is 2.12. The Morgan fingerprint density at radius 2 is 1.73 bits per heavy atom. The van der Waals surface area contributed by atoms with Crippen molar-refractivity contribution in [2.45, 2.75) is 13.0 Å². The van der Waals surface area contributed by atoms with E-state index >= 15 is 0 Å². The molecule has 0 saturated heterocycles. The second-order valence-electron chi connectivity index (χ2n) is 5.10. The molecule has 4 nitrogen and oxygen atoms in total. The number of carbonyl (C=O) groups excluding carboxylic acids is 1. The van der Waals surface area contributed by atoms with E-state index in [-0.39, 0.29) is 12.5 Å². The Morgan fingerprint density at radius 3 is 2.32 bits per heavy atom. The molecule has 0 spiro atoms. The number of carbonyl (C=O) groups is 1. The highest BCUT2D eigenvalue weighted by molar-refractivity contribution is 5.78. The summed E-state index contributed by atoms with van der Waals surface area (Å²) in [5, 5.41) is 0. The Kier molecular flexibility index (Phi) is 5.98. The molecule has 0 atom stereocenters. The fourth-order valence-corrected chi connectivity index (χ4v) is 2.28. The van der Waals surface area contributed by atoms with E-state index in [2.05, 4.69) is 0 Å². The van der Waals surface area contributed by atoms with Crippen LogP contribution in [0.5, 0.6) is 5.75 Å². The zero-order valence-electron chi connectivity index (χ0n) is 12.9. The average Bonchev–Trinajstić information content (AvgIpc) is 2.59. The molecule has 0 aliphatic heterocycles. The first kappa shape index (κ1) is 16.0. The summed E-state index contributed by atoms with van der Waals surface area (Å²) in [6, 6.07) is 17.9. The van der Waals surface area contributed by atoms with Crippen LogP contribution in [-0.2, 0) is 17.8 Å². The molecule has 0 fully saturated rings. The lowest BCUT2D eigenvalue weighted by atomic mass is 10.1. The van der Waals surface area contributed by atoms with Gasteiger partial charge in [0, 0.05) is 13.1 Å². The van der Waals surface area contributed by atoms with Crippen LogP contribution >= 0.6 is 0 Å². The third kappa shape index (κ3) is 4.60. The first-order valence-electron chi connectivity index (χ1n) is 7.37. The monoisotopic (exact) mass is 298 g/mol. The van der Waals surface area contributed by atoms with Crippen LogP contribution in [0, 0.1) is 0 Å². The molecule has 2 N–H and O–H groups in total. The Morgan fingerprint density at radius 1 is 1.05 bits per heavy atom. The van der Waals surface area contributed by atoms with E-state index in [1.54, 1.807) is 12.0 Å². The van der Waals surface area contributed by atoms with Crippen molar-refractivity contribution in [1.82, 2.24) is 4.90 Å². The van der Waals surface area contributed by atoms with Crippen LogP contribution in [0.3, 0.4) is 0 Å². The van der Waals surface area contributed by atoms with E-state index in [0.717, 1.165) is 17.7 Å². The lowest BCUT2D eigenvalue weighted by molar-refractivity contribution is -0.130. The van der Waals surface area contributed by atoms with Gasteiger partial charge in [-0.25, -0.2) is 0 Å². The molecule has 2 rings (SSSR count). The molecule has 0 aliphatic carbocycles. The van der Waals surface area contributed by atoms with E-state index in [4.69, 9.17) is 10.5 Å². The van der Waals surface area contributed by atoms with Crippen molar-refractivity contribution in [3.05, 3.63) is 65.7 Å². The minimum absolute atomic E-state index is 0.0302. The van der Waals surface area contributed by atoms with Crippen molar-refractivity contribution in [3.8, 4) is 5.75 Å². The van der Waals surface area contributed by atoms with Gasteiger partial charge in [-0.3, -0.25) is 4.79 Å². The maximum atomic E-state index is 12.0.